The molecule has 0 spiro atoms. The summed E-state index contributed by atoms with van der Waals surface area (Å²) >= 11 is 0. The number of aryl methyl sites for hydroxylation is 2. The molecule has 0 aliphatic rings. The SMILES string of the molecule is Cc1ccc(C)c(OCCC(C(=O)O)c2ccc(F)cc2)c1. The van der Waals surface area contributed by atoms with Crippen molar-refractivity contribution >= 4 is 5.97 Å². The van der Waals surface area contributed by atoms with Crippen molar-refractivity contribution in [3.05, 3.63) is 65.0 Å². The van der Waals surface area contributed by atoms with Crippen molar-refractivity contribution in [2.45, 2.75) is 26.2 Å². The Morgan fingerprint density at radius 1 is 1.18 bits per heavy atom. The van der Waals surface area contributed by atoms with Gasteiger partial charge in [-0.15, -0.1) is 0 Å². The molecule has 0 aromatic heterocycles. The van der Waals surface area contributed by atoms with Gasteiger partial charge in [-0.2, -0.15) is 0 Å². The number of benzene rings is 2. The smallest absolute Gasteiger partial charge is 0.311 e. The predicted octanol–water partition coefficient (Wildman–Crippen LogP) is 4.08. The van der Waals surface area contributed by atoms with E-state index in [0.717, 1.165) is 16.9 Å². The lowest BCUT2D eigenvalue weighted by atomic mass is 9.96. The summed E-state index contributed by atoms with van der Waals surface area (Å²) in [5.41, 5.74) is 2.69. The van der Waals surface area contributed by atoms with Gasteiger partial charge in [-0.25, -0.2) is 4.39 Å². The molecule has 0 fully saturated rings. The molecule has 2 rings (SSSR count). The molecule has 1 atom stereocenters. The molecule has 1 N–H and O–H groups in total. The highest BCUT2D eigenvalue weighted by Crippen LogP contribution is 2.23. The first kappa shape index (κ1) is 16.0. The van der Waals surface area contributed by atoms with Crippen LogP contribution in [0.3, 0.4) is 0 Å². The van der Waals surface area contributed by atoms with Crippen molar-refractivity contribution in [2.24, 2.45) is 0 Å². The molecule has 22 heavy (non-hydrogen) atoms. The number of carboxylic acid groups (broad SMARTS) is 1. The summed E-state index contributed by atoms with van der Waals surface area (Å²) in [6.07, 6.45) is 0.328. The van der Waals surface area contributed by atoms with E-state index >= 15 is 0 Å². The monoisotopic (exact) mass is 302 g/mol. The minimum atomic E-state index is -0.934. The third-order valence-electron chi connectivity index (χ3n) is 3.58. The number of hydrogen-bond donors (Lipinski definition) is 1. The zero-order chi connectivity index (χ0) is 16.1. The molecule has 0 aliphatic heterocycles. The molecule has 0 radical (unpaired) electrons. The van der Waals surface area contributed by atoms with Gasteiger partial charge in [-0.3, -0.25) is 4.79 Å². The predicted molar refractivity (Wildman–Crippen MR) is 82.8 cm³/mol. The van der Waals surface area contributed by atoms with Gasteiger partial charge in [0.15, 0.2) is 0 Å². The van der Waals surface area contributed by atoms with Gasteiger partial charge < -0.3 is 9.84 Å². The molecule has 0 heterocycles. The van der Waals surface area contributed by atoms with Crippen LogP contribution in [0, 0.1) is 19.7 Å². The highest BCUT2D eigenvalue weighted by molar-refractivity contribution is 5.76. The fraction of sp³-hybridized carbons (Fsp3) is 0.278. The normalized spacial score (nSPS) is 12.0. The second-order valence-corrected chi connectivity index (χ2v) is 5.35. The molecule has 0 saturated carbocycles. The van der Waals surface area contributed by atoms with Gasteiger partial charge >= 0.3 is 5.97 Å². The van der Waals surface area contributed by atoms with Crippen LogP contribution in [-0.4, -0.2) is 17.7 Å². The summed E-state index contributed by atoms with van der Waals surface area (Å²) in [7, 11) is 0. The van der Waals surface area contributed by atoms with Crippen LogP contribution in [-0.2, 0) is 4.79 Å². The lowest BCUT2D eigenvalue weighted by Crippen LogP contribution is -2.15. The van der Waals surface area contributed by atoms with Crippen LogP contribution in [0.25, 0.3) is 0 Å². The number of aliphatic carboxylic acids is 1. The quantitative estimate of drug-likeness (QED) is 0.874. The molecule has 0 amide bonds. The van der Waals surface area contributed by atoms with E-state index < -0.39 is 11.9 Å². The maximum atomic E-state index is 12.9. The average molecular weight is 302 g/mol. The van der Waals surface area contributed by atoms with E-state index in [0.29, 0.717) is 18.6 Å². The van der Waals surface area contributed by atoms with Crippen molar-refractivity contribution in [3.8, 4) is 5.75 Å². The van der Waals surface area contributed by atoms with Gasteiger partial charge in [0.05, 0.1) is 12.5 Å². The molecule has 0 aliphatic carbocycles. The van der Waals surface area contributed by atoms with Gasteiger partial charge in [-0.1, -0.05) is 24.3 Å². The lowest BCUT2D eigenvalue weighted by molar-refractivity contribution is -0.139. The van der Waals surface area contributed by atoms with Crippen molar-refractivity contribution in [3.63, 3.8) is 0 Å². The van der Waals surface area contributed by atoms with E-state index in [1.54, 1.807) is 0 Å². The maximum Gasteiger partial charge on any atom is 0.311 e. The average Bonchev–Trinajstić information content (AvgIpc) is 2.48. The third-order valence-corrected chi connectivity index (χ3v) is 3.58. The van der Waals surface area contributed by atoms with E-state index in [4.69, 9.17) is 4.74 Å². The Labute approximate surface area is 129 Å². The lowest BCUT2D eigenvalue weighted by Gasteiger charge is -2.15. The first-order valence-corrected chi connectivity index (χ1v) is 7.15. The van der Waals surface area contributed by atoms with Crippen LogP contribution in [0.2, 0.25) is 0 Å². The van der Waals surface area contributed by atoms with Gasteiger partial charge in [-0.05, 0) is 55.2 Å². The minimum Gasteiger partial charge on any atom is -0.493 e. The Kier molecular flexibility index (Phi) is 5.15. The highest BCUT2D eigenvalue weighted by Gasteiger charge is 2.20. The Balaban J connectivity index is 2.02. The van der Waals surface area contributed by atoms with E-state index in [1.165, 1.54) is 24.3 Å². The van der Waals surface area contributed by atoms with Crippen LogP contribution >= 0.6 is 0 Å². The molecular weight excluding hydrogens is 283 g/mol. The zero-order valence-electron chi connectivity index (χ0n) is 12.7. The highest BCUT2D eigenvalue weighted by atomic mass is 19.1. The van der Waals surface area contributed by atoms with Gasteiger partial charge in [0.2, 0.25) is 0 Å². The molecular formula is C18H19FO3. The third kappa shape index (κ3) is 4.07. The maximum absolute atomic E-state index is 12.9. The van der Waals surface area contributed by atoms with Gasteiger partial charge in [0.25, 0.3) is 0 Å². The zero-order valence-corrected chi connectivity index (χ0v) is 12.7. The molecule has 0 bridgehead atoms. The van der Waals surface area contributed by atoms with Crippen LogP contribution in [0.5, 0.6) is 5.75 Å². The van der Waals surface area contributed by atoms with Crippen molar-refractivity contribution in [1.29, 1.82) is 0 Å². The van der Waals surface area contributed by atoms with Gasteiger partial charge in [0.1, 0.15) is 11.6 Å². The topological polar surface area (TPSA) is 46.5 Å². The molecule has 2 aromatic carbocycles. The first-order valence-electron chi connectivity index (χ1n) is 7.15. The van der Waals surface area contributed by atoms with Crippen LogP contribution in [0.4, 0.5) is 4.39 Å². The Morgan fingerprint density at radius 2 is 1.86 bits per heavy atom. The van der Waals surface area contributed by atoms with E-state index in [1.807, 2.05) is 32.0 Å². The summed E-state index contributed by atoms with van der Waals surface area (Å²) in [5, 5.41) is 9.34. The van der Waals surface area contributed by atoms with Crippen LogP contribution in [0.1, 0.15) is 29.0 Å². The van der Waals surface area contributed by atoms with Crippen LogP contribution < -0.4 is 4.74 Å². The summed E-state index contributed by atoms with van der Waals surface area (Å²) < 4.78 is 18.6. The second-order valence-electron chi connectivity index (χ2n) is 5.35. The van der Waals surface area contributed by atoms with E-state index in [-0.39, 0.29) is 5.82 Å². The second kappa shape index (κ2) is 7.07. The molecule has 116 valence electrons. The summed E-state index contributed by atoms with van der Waals surface area (Å²) in [6, 6.07) is 11.5. The standard InChI is InChI=1S/C18H19FO3/c1-12-3-4-13(2)17(11-12)22-10-9-16(18(20)21)14-5-7-15(19)8-6-14/h3-8,11,16H,9-10H2,1-2H3,(H,20,21). The minimum absolute atomic E-state index is 0.290. The number of ether oxygens (including phenoxy) is 1. The van der Waals surface area contributed by atoms with Crippen molar-refractivity contribution in [1.82, 2.24) is 0 Å². The number of carbonyl (C=O) groups is 1. The fourth-order valence-corrected chi connectivity index (χ4v) is 2.28. The van der Waals surface area contributed by atoms with Crippen LogP contribution in [0.15, 0.2) is 42.5 Å². The number of carboxylic acids is 1. The summed E-state index contributed by atoms with van der Waals surface area (Å²) in [4.78, 5) is 11.4. The Morgan fingerprint density at radius 3 is 2.50 bits per heavy atom. The fourth-order valence-electron chi connectivity index (χ4n) is 2.28. The number of hydrogen-bond acceptors (Lipinski definition) is 2. The van der Waals surface area contributed by atoms with Crippen molar-refractivity contribution in [2.75, 3.05) is 6.61 Å². The largest absolute Gasteiger partial charge is 0.493 e. The number of rotatable bonds is 6. The molecule has 2 aromatic rings. The Bertz CT molecular complexity index is 650. The number of halogens is 1. The Hall–Kier alpha value is -2.36. The van der Waals surface area contributed by atoms with E-state index in [9.17, 15) is 14.3 Å². The van der Waals surface area contributed by atoms with E-state index in [2.05, 4.69) is 0 Å². The summed E-state index contributed by atoms with van der Waals surface area (Å²) in [5.74, 6) is -1.25. The van der Waals surface area contributed by atoms with Gasteiger partial charge in [0, 0.05) is 0 Å². The first-order chi connectivity index (χ1) is 10.5. The summed E-state index contributed by atoms with van der Waals surface area (Å²) in [6.45, 7) is 4.22. The van der Waals surface area contributed by atoms with Crippen molar-refractivity contribution < 1.29 is 19.0 Å². The molecule has 3 nitrogen and oxygen atoms in total. The molecule has 0 saturated heterocycles. The molecule has 1 unspecified atom stereocenters. The molecule has 4 heteroatoms.